The van der Waals surface area contributed by atoms with E-state index in [9.17, 15) is 22.4 Å². The molecule has 0 aliphatic carbocycles. The third kappa shape index (κ3) is 3.25. The van der Waals surface area contributed by atoms with Gasteiger partial charge in [-0.25, -0.2) is 4.39 Å². The van der Waals surface area contributed by atoms with Crippen molar-refractivity contribution in [1.82, 2.24) is 0 Å². The van der Waals surface area contributed by atoms with E-state index in [0.29, 0.717) is 6.07 Å². The molecule has 1 heterocycles. The molecule has 2 rings (SSSR count). The molecule has 1 saturated heterocycles. The molecule has 1 amide bonds. The van der Waals surface area contributed by atoms with Crippen LogP contribution in [0.1, 0.15) is 12.0 Å². The van der Waals surface area contributed by atoms with Crippen LogP contribution in [0.4, 0.5) is 23.2 Å². The highest BCUT2D eigenvalue weighted by Crippen LogP contribution is 2.39. The number of azide groups is 1. The highest BCUT2D eigenvalue weighted by molar-refractivity contribution is 5.96. The number of rotatable bonds is 3. The SMILES string of the molecule is [N-]=[N+]=NCC1CC(=O)N(c2ccc(F)cc2C(F)(F)F)C1. The minimum atomic E-state index is -4.76. The zero-order chi connectivity index (χ0) is 15.6. The molecule has 5 nitrogen and oxygen atoms in total. The van der Waals surface area contributed by atoms with Crippen molar-refractivity contribution in [3.8, 4) is 0 Å². The van der Waals surface area contributed by atoms with Crippen LogP contribution in [-0.2, 0) is 11.0 Å². The molecule has 0 spiro atoms. The lowest BCUT2D eigenvalue weighted by atomic mass is 10.1. The Kier molecular flexibility index (Phi) is 4.04. The molecule has 1 aromatic carbocycles. The topological polar surface area (TPSA) is 69.1 Å². The molecule has 0 radical (unpaired) electrons. The first-order valence-electron chi connectivity index (χ1n) is 6.01. The first-order valence-corrected chi connectivity index (χ1v) is 6.01. The van der Waals surface area contributed by atoms with Gasteiger partial charge in [-0.1, -0.05) is 5.11 Å². The van der Waals surface area contributed by atoms with Crippen LogP contribution in [0.5, 0.6) is 0 Å². The van der Waals surface area contributed by atoms with E-state index in [-0.39, 0.29) is 31.1 Å². The van der Waals surface area contributed by atoms with E-state index in [1.54, 1.807) is 0 Å². The number of carbonyl (C=O) groups is 1. The summed E-state index contributed by atoms with van der Waals surface area (Å²) in [6.07, 6.45) is -4.77. The quantitative estimate of drug-likeness (QED) is 0.364. The second kappa shape index (κ2) is 5.61. The van der Waals surface area contributed by atoms with Crippen molar-refractivity contribution in [3.63, 3.8) is 0 Å². The highest BCUT2D eigenvalue weighted by Gasteiger charge is 2.39. The Morgan fingerprint density at radius 1 is 1.43 bits per heavy atom. The largest absolute Gasteiger partial charge is 0.418 e. The predicted molar refractivity (Wildman–Crippen MR) is 65.9 cm³/mol. The maximum Gasteiger partial charge on any atom is 0.418 e. The number of carbonyl (C=O) groups excluding carboxylic acids is 1. The smallest absolute Gasteiger partial charge is 0.312 e. The first kappa shape index (κ1) is 15.1. The van der Waals surface area contributed by atoms with E-state index >= 15 is 0 Å². The van der Waals surface area contributed by atoms with Crippen molar-refractivity contribution in [1.29, 1.82) is 0 Å². The Bertz CT molecular complexity index is 610. The molecule has 1 aliphatic rings. The van der Waals surface area contributed by atoms with E-state index < -0.39 is 23.5 Å². The lowest BCUT2D eigenvalue weighted by Crippen LogP contribution is -2.27. The summed E-state index contributed by atoms with van der Waals surface area (Å²) in [6, 6.07) is 2.17. The van der Waals surface area contributed by atoms with Crippen LogP contribution in [0.3, 0.4) is 0 Å². The fraction of sp³-hybridized carbons (Fsp3) is 0.417. The highest BCUT2D eigenvalue weighted by atomic mass is 19.4. The molecule has 1 aliphatic heterocycles. The van der Waals surface area contributed by atoms with Crippen LogP contribution in [0, 0.1) is 11.7 Å². The van der Waals surface area contributed by atoms with Gasteiger partial charge < -0.3 is 4.90 Å². The molecular weight excluding hydrogens is 292 g/mol. The summed E-state index contributed by atoms with van der Waals surface area (Å²) in [6.45, 7) is 0.0356. The molecule has 21 heavy (non-hydrogen) atoms. The van der Waals surface area contributed by atoms with E-state index in [4.69, 9.17) is 5.53 Å². The van der Waals surface area contributed by atoms with Gasteiger partial charge in [0.25, 0.3) is 0 Å². The number of benzene rings is 1. The van der Waals surface area contributed by atoms with Crippen molar-refractivity contribution < 1.29 is 22.4 Å². The Morgan fingerprint density at radius 3 is 2.76 bits per heavy atom. The Hall–Kier alpha value is -2.28. The van der Waals surface area contributed by atoms with Gasteiger partial charge in [-0.05, 0) is 29.6 Å². The van der Waals surface area contributed by atoms with E-state index in [0.717, 1.165) is 17.0 Å². The van der Waals surface area contributed by atoms with Crippen LogP contribution in [0.2, 0.25) is 0 Å². The number of halogens is 4. The van der Waals surface area contributed by atoms with Crippen molar-refractivity contribution in [2.45, 2.75) is 12.6 Å². The summed E-state index contributed by atoms with van der Waals surface area (Å²) >= 11 is 0. The Balaban J connectivity index is 2.34. The summed E-state index contributed by atoms with van der Waals surface area (Å²) in [4.78, 5) is 15.4. The average Bonchev–Trinajstić information content (AvgIpc) is 2.76. The van der Waals surface area contributed by atoms with Crippen molar-refractivity contribution in [2.75, 3.05) is 18.0 Å². The number of amides is 1. The van der Waals surface area contributed by atoms with Crippen LogP contribution in [-0.4, -0.2) is 19.0 Å². The summed E-state index contributed by atoms with van der Waals surface area (Å²) in [5.74, 6) is -1.88. The maximum absolute atomic E-state index is 13.0. The summed E-state index contributed by atoms with van der Waals surface area (Å²) in [5.41, 5.74) is 6.65. The molecular formula is C12H10F4N4O. The van der Waals surface area contributed by atoms with Crippen LogP contribution in [0.15, 0.2) is 23.3 Å². The van der Waals surface area contributed by atoms with Gasteiger partial charge in [-0.3, -0.25) is 4.79 Å². The molecule has 1 aromatic rings. The molecule has 0 saturated carbocycles. The van der Waals surface area contributed by atoms with Gasteiger partial charge in [0.2, 0.25) is 5.91 Å². The van der Waals surface area contributed by atoms with Crippen LogP contribution < -0.4 is 4.90 Å². The molecule has 0 bridgehead atoms. The minimum Gasteiger partial charge on any atom is -0.312 e. The summed E-state index contributed by atoms with van der Waals surface area (Å²) in [7, 11) is 0. The van der Waals surface area contributed by atoms with E-state index in [2.05, 4.69) is 10.0 Å². The number of hydrogen-bond acceptors (Lipinski definition) is 2. The molecule has 1 unspecified atom stereocenters. The molecule has 1 fully saturated rings. The predicted octanol–water partition coefficient (Wildman–Crippen LogP) is 3.51. The summed E-state index contributed by atoms with van der Waals surface area (Å²) in [5, 5.41) is 3.32. The third-order valence-corrected chi connectivity index (χ3v) is 3.16. The molecule has 0 aromatic heterocycles. The standard InChI is InChI=1S/C12H10F4N4O/c13-8-1-2-10(9(4-8)12(14,15)16)20-6-7(3-11(20)21)5-18-19-17/h1-2,4,7H,3,5-6H2. The minimum absolute atomic E-state index is 0.00626. The van der Waals surface area contributed by atoms with Gasteiger partial charge in [-0.15, -0.1) is 0 Å². The molecule has 112 valence electrons. The Morgan fingerprint density at radius 2 is 2.14 bits per heavy atom. The number of nitrogens with zero attached hydrogens (tertiary/aromatic N) is 4. The van der Waals surface area contributed by atoms with Crippen LogP contribution >= 0.6 is 0 Å². The second-order valence-corrected chi connectivity index (χ2v) is 4.65. The van der Waals surface area contributed by atoms with Gasteiger partial charge in [0.05, 0.1) is 11.3 Å². The van der Waals surface area contributed by atoms with Gasteiger partial charge >= 0.3 is 6.18 Å². The van der Waals surface area contributed by atoms with Crippen molar-refractivity contribution >= 4 is 11.6 Å². The maximum atomic E-state index is 13.0. The van der Waals surface area contributed by atoms with Crippen LogP contribution in [0.25, 0.3) is 10.4 Å². The number of alkyl halides is 3. The zero-order valence-corrected chi connectivity index (χ0v) is 10.6. The Labute approximate surface area is 116 Å². The monoisotopic (exact) mass is 302 g/mol. The molecule has 9 heteroatoms. The van der Waals surface area contributed by atoms with Gasteiger partial charge in [0.15, 0.2) is 0 Å². The van der Waals surface area contributed by atoms with Crippen molar-refractivity contribution in [2.24, 2.45) is 11.0 Å². The average molecular weight is 302 g/mol. The first-order chi connectivity index (χ1) is 9.82. The molecule has 0 N–H and O–H groups in total. The fourth-order valence-corrected chi connectivity index (χ4v) is 2.26. The lowest BCUT2D eigenvalue weighted by Gasteiger charge is -2.21. The fourth-order valence-electron chi connectivity index (χ4n) is 2.26. The second-order valence-electron chi connectivity index (χ2n) is 4.65. The van der Waals surface area contributed by atoms with Gasteiger partial charge in [-0.2, -0.15) is 13.2 Å². The van der Waals surface area contributed by atoms with E-state index in [1.807, 2.05) is 0 Å². The molecule has 1 atom stereocenters. The zero-order valence-electron chi connectivity index (χ0n) is 10.6. The van der Waals surface area contributed by atoms with Crippen molar-refractivity contribution in [3.05, 3.63) is 40.0 Å². The lowest BCUT2D eigenvalue weighted by molar-refractivity contribution is -0.137. The summed E-state index contributed by atoms with van der Waals surface area (Å²) < 4.78 is 51.9. The number of hydrogen-bond donors (Lipinski definition) is 0. The number of anilines is 1. The van der Waals surface area contributed by atoms with E-state index in [1.165, 1.54) is 0 Å². The normalized spacial score (nSPS) is 18.8. The third-order valence-electron chi connectivity index (χ3n) is 3.16. The van der Waals surface area contributed by atoms with Gasteiger partial charge in [0.1, 0.15) is 5.82 Å². The van der Waals surface area contributed by atoms with Gasteiger partial charge in [0, 0.05) is 24.4 Å².